The number of hydrogen-bond acceptors (Lipinski definition) is 2. The number of nitrogens with one attached hydrogen (secondary N) is 1. The van der Waals surface area contributed by atoms with Crippen LogP contribution in [0.2, 0.25) is 0 Å². The van der Waals surface area contributed by atoms with Crippen LogP contribution in [0.15, 0.2) is 54.6 Å². The molecule has 1 saturated carbocycles. The average Bonchev–Trinajstić information content (AvgIpc) is 2.43. The first-order valence-corrected chi connectivity index (χ1v) is 6.87. The number of rotatable bonds is 4. The van der Waals surface area contributed by atoms with Crippen LogP contribution >= 0.6 is 0 Å². The van der Waals surface area contributed by atoms with Crippen LogP contribution in [0.1, 0.15) is 34.7 Å². The summed E-state index contributed by atoms with van der Waals surface area (Å²) in [6, 6.07) is 18.0. The standard InChI is InChI=1S/C17H17NO2/c19-17(20)13-7-4-8-15(9-13)18-16-10-14(11-16)12-5-2-1-3-6-12/h1-9,14,16,18H,10-11H2,(H,19,20). The predicted molar refractivity (Wildman–Crippen MR) is 79.2 cm³/mol. The summed E-state index contributed by atoms with van der Waals surface area (Å²) in [5.41, 5.74) is 2.61. The Hall–Kier alpha value is -2.29. The Morgan fingerprint density at radius 2 is 1.80 bits per heavy atom. The van der Waals surface area contributed by atoms with Gasteiger partial charge in [0.2, 0.25) is 0 Å². The van der Waals surface area contributed by atoms with E-state index < -0.39 is 5.97 Å². The summed E-state index contributed by atoms with van der Waals surface area (Å²) in [7, 11) is 0. The van der Waals surface area contributed by atoms with E-state index in [1.807, 2.05) is 12.1 Å². The van der Waals surface area contributed by atoms with E-state index in [2.05, 4.69) is 29.6 Å². The molecule has 0 unspecified atom stereocenters. The van der Waals surface area contributed by atoms with Gasteiger partial charge in [0.25, 0.3) is 0 Å². The first-order chi connectivity index (χ1) is 9.72. The number of carbonyl (C=O) groups is 1. The molecule has 0 heterocycles. The molecule has 0 aliphatic heterocycles. The van der Waals surface area contributed by atoms with Gasteiger partial charge in [0, 0.05) is 11.7 Å². The van der Waals surface area contributed by atoms with Crippen LogP contribution in [-0.4, -0.2) is 17.1 Å². The molecule has 3 rings (SSSR count). The van der Waals surface area contributed by atoms with Crippen molar-refractivity contribution in [3.63, 3.8) is 0 Å². The van der Waals surface area contributed by atoms with E-state index in [-0.39, 0.29) is 0 Å². The van der Waals surface area contributed by atoms with Crippen molar-refractivity contribution >= 4 is 11.7 Å². The zero-order chi connectivity index (χ0) is 13.9. The maximum Gasteiger partial charge on any atom is 0.335 e. The van der Waals surface area contributed by atoms with Crippen LogP contribution in [0, 0.1) is 0 Å². The monoisotopic (exact) mass is 267 g/mol. The third-order valence-electron chi connectivity index (χ3n) is 3.89. The second-order valence-corrected chi connectivity index (χ2v) is 5.31. The molecule has 102 valence electrons. The number of carboxylic acid groups (broad SMARTS) is 1. The smallest absolute Gasteiger partial charge is 0.335 e. The van der Waals surface area contributed by atoms with Crippen molar-refractivity contribution in [3.05, 3.63) is 65.7 Å². The second kappa shape index (κ2) is 5.37. The topological polar surface area (TPSA) is 49.3 Å². The lowest BCUT2D eigenvalue weighted by Gasteiger charge is -2.37. The molecule has 3 heteroatoms. The summed E-state index contributed by atoms with van der Waals surface area (Å²) in [4.78, 5) is 10.9. The summed E-state index contributed by atoms with van der Waals surface area (Å²) in [6.45, 7) is 0. The van der Waals surface area contributed by atoms with Gasteiger partial charge in [-0.3, -0.25) is 0 Å². The third-order valence-corrected chi connectivity index (χ3v) is 3.89. The number of anilines is 1. The van der Waals surface area contributed by atoms with Crippen molar-refractivity contribution < 1.29 is 9.90 Å². The van der Waals surface area contributed by atoms with E-state index in [0.717, 1.165) is 18.5 Å². The van der Waals surface area contributed by atoms with Crippen molar-refractivity contribution in [1.82, 2.24) is 0 Å². The minimum atomic E-state index is -0.885. The van der Waals surface area contributed by atoms with Gasteiger partial charge < -0.3 is 10.4 Å². The number of carboxylic acids is 1. The fourth-order valence-corrected chi connectivity index (χ4v) is 2.71. The molecule has 0 aromatic heterocycles. The minimum absolute atomic E-state index is 0.328. The van der Waals surface area contributed by atoms with E-state index in [0.29, 0.717) is 17.5 Å². The van der Waals surface area contributed by atoms with E-state index in [4.69, 9.17) is 5.11 Å². The molecule has 0 amide bonds. The normalized spacial score (nSPS) is 21.0. The molecular weight excluding hydrogens is 250 g/mol. The van der Waals surface area contributed by atoms with Crippen LogP contribution in [0.4, 0.5) is 5.69 Å². The predicted octanol–water partition coefficient (Wildman–Crippen LogP) is 3.74. The SMILES string of the molecule is O=C(O)c1cccc(NC2CC(c3ccccc3)C2)c1. The Labute approximate surface area is 118 Å². The molecule has 20 heavy (non-hydrogen) atoms. The summed E-state index contributed by atoms with van der Waals surface area (Å²) in [5, 5.41) is 12.4. The Morgan fingerprint density at radius 3 is 2.50 bits per heavy atom. The quantitative estimate of drug-likeness (QED) is 0.887. The van der Waals surface area contributed by atoms with Gasteiger partial charge in [-0.05, 0) is 42.5 Å². The maximum atomic E-state index is 10.9. The van der Waals surface area contributed by atoms with Gasteiger partial charge in [0.15, 0.2) is 0 Å². The van der Waals surface area contributed by atoms with Gasteiger partial charge in [0.1, 0.15) is 0 Å². The molecular formula is C17H17NO2. The van der Waals surface area contributed by atoms with Gasteiger partial charge >= 0.3 is 5.97 Å². The lowest BCUT2D eigenvalue weighted by molar-refractivity contribution is 0.0697. The van der Waals surface area contributed by atoms with Gasteiger partial charge in [-0.1, -0.05) is 36.4 Å². The Bertz CT molecular complexity index is 603. The highest BCUT2D eigenvalue weighted by Gasteiger charge is 2.29. The number of aromatic carboxylic acids is 1. The molecule has 1 aliphatic rings. The average molecular weight is 267 g/mol. The van der Waals surface area contributed by atoms with Gasteiger partial charge in [-0.25, -0.2) is 4.79 Å². The number of hydrogen-bond donors (Lipinski definition) is 2. The highest BCUT2D eigenvalue weighted by molar-refractivity contribution is 5.88. The van der Waals surface area contributed by atoms with Crippen LogP contribution in [-0.2, 0) is 0 Å². The molecule has 2 aromatic carbocycles. The number of benzene rings is 2. The van der Waals surface area contributed by atoms with Crippen molar-refractivity contribution in [2.75, 3.05) is 5.32 Å². The fourth-order valence-electron chi connectivity index (χ4n) is 2.71. The largest absolute Gasteiger partial charge is 0.478 e. The van der Waals surface area contributed by atoms with Gasteiger partial charge in [-0.2, -0.15) is 0 Å². The third kappa shape index (κ3) is 2.67. The fraction of sp³-hybridized carbons (Fsp3) is 0.235. The summed E-state index contributed by atoms with van der Waals surface area (Å²) in [6.07, 6.45) is 2.20. The maximum absolute atomic E-state index is 10.9. The zero-order valence-corrected chi connectivity index (χ0v) is 11.1. The molecule has 0 atom stereocenters. The van der Waals surface area contributed by atoms with Gasteiger partial charge in [-0.15, -0.1) is 0 Å². The molecule has 0 spiro atoms. The van der Waals surface area contributed by atoms with E-state index in [1.165, 1.54) is 5.56 Å². The van der Waals surface area contributed by atoms with Crippen molar-refractivity contribution in [2.24, 2.45) is 0 Å². The van der Waals surface area contributed by atoms with Crippen LogP contribution in [0.3, 0.4) is 0 Å². The summed E-state index contributed by atoms with van der Waals surface area (Å²) in [5.74, 6) is -0.263. The lowest BCUT2D eigenvalue weighted by atomic mass is 9.76. The van der Waals surface area contributed by atoms with E-state index in [1.54, 1.807) is 18.2 Å². The van der Waals surface area contributed by atoms with E-state index in [9.17, 15) is 4.79 Å². The second-order valence-electron chi connectivity index (χ2n) is 5.31. The summed E-state index contributed by atoms with van der Waals surface area (Å²) >= 11 is 0. The zero-order valence-electron chi connectivity index (χ0n) is 11.1. The van der Waals surface area contributed by atoms with Crippen LogP contribution in [0.25, 0.3) is 0 Å². The van der Waals surface area contributed by atoms with E-state index >= 15 is 0 Å². The highest BCUT2D eigenvalue weighted by Crippen LogP contribution is 2.38. The minimum Gasteiger partial charge on any atom is -0.478 e. The Balaban J connectivity index is 1.59. The molecule has 1 aliphatic carbocycles. The molecule has 2 N–H and O–H groups in total. The Morgan fingerprint density at radius 1 is 1.05 bits per heavy atom. The van der Waals surface area contributed by atoms with Crippen LogP contribution < -0.4 is 5.32 Å². The van der Waals surface area contributed by atoms with Crippen molar-refractivity contribution in [2.45, 2.75) is 24.8 Å². The van der Waals surface area contributed by atoms with Crippen LogP contribution in [0.5, 0.6) is 0 Å². The Kier molecular flexibility index (Phi) is 3.42. The van der Waals surface area contributed by atoms with Crippen molar-refractivity contribution in [3.8, 4) is 0 Å². The van der Waals surface area contributed by atoms with Gasteiger partial charge in [0.05, 0.1) is 5.56 Å². The molecule has 2 aromatic rings. The molecule has 1 fully saturated rings. The first-order valence-electron chi connectivity index (χ1n) is 6.87. The molecule has 0 saturated heterocycles. The molecule has 3 nitrogen and oxygen atoms in total. The van der Waals surface area contributed by atoms with Crippen molar-refractivity contribution in [1.29, 1.82) is 0 Å². The lowest BCUT2D eigenvalue weighted by Crippen LogP contribution is -2.34. The molecule has 0 radical (unpaired) electrons. The molecule has 0 bridgehead atoms. The first kappa shape index (κ1) is 12.7. The summed E-state index contributed by atoms with van der Waals surface area (Å²) < 4.78 is 0. The highest BCUT2D eigenvalue weighted by atomic mass is 16.4.